The molecular weight excluding hydrogens is 254 g/mol. The zero-order chi connectivity index (χ0) is 14.3. The Morgan fingerprint density at radius 3 is 2.65 bits per heavy atom. The number of benzene rings is 1. The molecule has 0 radical (unpaired) electrons. The standard InChI is InChI=1S/C16H19NO3/c1-10-5-2-3-6-11(10)14-7-4-8-17(14)15(18)12-9-13(12)16(19)20/h2-3,5-6,12-14H,4,7-9H2,1H3,(H,19,20). The van der Waals surface area contributed by atoms with Crippen molar-refractivity contribution in [3.8, 4) is 0 Å². The van der Waals surface area contributed by atoms with Crippen molar-refractivity contribution in [3.63, 3.8) is 0 Å². The molecule has 3 atom stereocenters. The molecule has 0 spiro atoms. The van der Waals surface area contributed by atoms with Crippen molar-refractivity contribution in [1.29, 1.82) is 0 Å². The molecule has 1 aromatic carbocycles. The largest absolute Gasteiger partial charge is 0.481 e. The molecule has 1 amide bonds. The Kier molecular flexibility index (Phi) is 3.24. The molecule has 20 heavy (non-hydrogen) atoms. The molecule has 4 heteroatoms. The molecule has 0 bridgehead atoms. The van der Waals surface area contributed by atoms with Gasteiger partial charge in [-0.3, -0.25) is 9.59 Å². The summed E-state index contributed by atoms with van der Waals surface area (Å²) >= 11 is 0. The van der Waals surface area contributed by atoms with Crippen LogP contribution in [0, 0.1) is 18.8 Å². The third kappa shape index (κ3) is 2.19. The second-order valence-corrected chi connectivity index (χ2v) is 5.83. The number of rotatable bonds is 3. The Hall–Kier alpha value is -1.84. The summed E-state index contributed by atoms with van der Waals surface area (Å²) in [6.07, 6.45) is 2.47. The topological polar surface area (TPSA) is 57.6 Å². The maximum absolute atomic E-state index is 12.5. The van der Waals surface area contributed by atoms with Crippen LogP contribution >= 0.6 is 0 Å². The van der Waals surface area contributed by atoms with Gasteiger partial charge in [-0.05, 0) is 37.3 Å². The van der Waals surface area contributed by atoms with Crippen LogP contribution in [-0.2, 0) is 9.59 Å². The first kappa shape index (κ1) is 13.2. The number of carbonyl (C=O) groups is 2. The minimum Gasteiger partial charge on any atom is -0.481 e. The maximum Gasteiger partial charge on any atom is 0.307 e. The predicted octanol–water partition coefficient (Wildman–Crippen LogP) is 2.38. The molecule has 2 fully saturated rings. The van der Waals surface area contributed by atoms with Crippen molar-refractivity contribution < 1.29 is 14.7 Å². The van der Waals surface area contributed by atoms with E-state index in [1.807, 2.05) is 17.0 Å². The van der Waals surface area contributed by atoms with E-state index in [1.165, 1.54) is 11.1 Å². The van der Waals surface area contributed by atoms with E-state index < -0.39 is 11.9 Å². The number of amides is 1. The first-order valence-electron chi connectivity index (χ1n) is 7.18. The van der Waals surface area contributed by atoms with Crippen LogP contribution in [0.3, 0.4) is 0 Å². The van der Waals surface area contributed by atoms with Crippen LogP contribution in [0.5, 0.6) is 0 Å². The maximum atomic E-state index is 12.5. The molecule has 1 aromatic rings. The number of aliphatic carboxylic acids is 1. The lowest BCUT2D eigenvalue weighted by atomic mass is 9.99. The van der Waals surface area contributed by atoms with E-state index in [1.54, 1.807) is 0 Å². The van der Waals surface area contributed by atoms with Gasteiger partial charge in [-0.25, -0.2) is 0 Å². The van der Waals surface area contributed by atoms with Crippen LogP contribution < -0.4 is 0 Å². The van der Waals surface area contributed by atoms with Gasteiger partial charge >= 0.3 is 5.97 Å². The van der Waals surface area contributed by atoms with Crippen LogP contribution in [0.4, 0.5) is 0 Å². The average molecular weight is 273 g/mol. The summed E-state index contributed by atoms with van der Waals surface area (Å²) in [6.45, 7) is 2.81. The van der Waals surface area contributed by atoms with E-state index in [0.717, 1.165) is 19.4 Å². The number of likely N-dealkylation sites (tertiary alicyclic amines) is 1. The fourth-order valence-corrected chi connectivity index (χ4v) is 3.27. The summed E-state index contributed by atoms with van der Waals surface area (Å²) in [4.78, 5) is 25.3. The highest BCUT2D eigenvalue weighted by Crippen LogP contribution is 2.44. The first-order valence-corrected chi connectivity index (χ1v) is 7.18. The summed E-state index contributed by atoms with van der Waals surface area (Å²) in [6, 6.07) is 8.27. The normalized spacial score (nSPS) is 28.4. The van der Waals surface area contributed by atoms with E-state index in [4.69, 9.17) is 5.11 Å². The lowest BCUT2D eigenvalue weighted by molar-refractivity contribution is -0.142. The van der Waals surface area contributed by atoms with E-state index in [9.17, 15) is 9.59 Å². The van der Waals surface area contributed by atoms with Crippen molar-refractivity contribution >= 4 is 11.9 Å². The summed E-state index contributed by atoms with van der Waals surface area (Å²) in [5, 5.41) is 8.97. The number of hydrogen-bond donors (Lipinski definition) is 1. The van der Waals surface area contributed by atoms with Crippen molar-refractivity contribution in [2.24, 2.45) is 11.8 Å². The fraction of sp³-hybridized carbons (Fsp3) is 0.500. The Labute approximate surface area is 118 Å². The van der Waals surface area contributed by atoms with E-state index in [0.29, 0.717) is 6.42 Å². The minimum absolute atomic E-state index is 0.0307. The lowest BCUT2D eigenvalue weighted by Gasteiger charge is -2.26. The summed E-state index contributed by atoms with van der Waals surface area (Å²) in [5.41, 5.74) is 2.40. The number of carboxylic acids is 1. The molecule has 0 aromatic heterocycles. The second kappa shape index (κ2) is 4.93. The zero-order valence-electron chi connectivity index (χ0n) is 11.6. The molecule has 4 nitrogen and oxygen atoms in total. The van der Waals surface area contributed by atoms with Crippen LogP contribution in [0.1, 0.15) is 36.4 Å². The summed E-state index contributed by atoms with van der Waals surface area (Å²) in [7, 11) is 0. The molecule has 1 saturated heterocycles. The van der Waals surface area contributed by atoms with Crippen LogP contribution in [0.25, 0.3) is 0 Å². The van der Waals surface area contributed by atoms with Crippen molar-refractivity contribution in [2.75, 3.05) is 6.54 Å². The number of aryl methyl sites for hydroxylation is 1. The van der Waals surface area contributed by atoms with Crippen molar-refractivity contribution in [2.45, 2.75) is 32.2 Å². The Morgan fingerprint density at radius 1 is 1.25 bits per heavy atom. The van der Waals surface area contributed by atoms with Gasteiger partial charge in [0, 0.05) is 6.54 Å². The molecule has 3 rings (SSSR count). The summed E-state index contributed by atoms with van der Waals surface area (Å²) in [5.74, 6) is -1.56. The van der Waals surface area contributed by atoms with Gasteiger partial charge in [0.2, 0.25) is 5.91 Å². The lowest BCUT2D eigenvalue weighted by Crippen LogP contribution is -2.33. The highest BCUT2D eigenvalue weighted by Gasteiger charge is 2.51. The van der Waals surface area contributed by atoms with Gasteiger partial charge in [0.15, 0.2) is 0 Å². The van der Waals surface area contributed by atoms with E-state index >= 15 is 0 Å². The van der Waals surface area contributed by atoms with Gasteiger partial charge in [-0.2, -0.15) is 0 Å². The Balaban J connectivity index is 1.78. The molecular formula is C16H19NO3. The van der Waals surface area contributed by atoms with Gasteiger partial charge in [-0.15, -0.1) is 0 Å². The molecule has 1 aliphatic carbocycles. The minimum atomic E-state index is -0.838. The molecule has 3 unspecified atom stereocenters. The van der Waals surface area contributed by atoms with Gasteiger partial charge < -0.3 is 10.0 Å². The van der Waals surface area contributed by atoms with Gasteiger partial charge in [-0.1, -0.05) is 24.3 Å². The summed E-state index contributed by atoms with van der Waals surface area (Å²) < 4.78 is 0. The fourth-order valence-electron chi connectivity index (χ4n) is 3.27. The number of carbonyl (C=O) groups excluding carboxylic acids is 1. The molecule has 2 aliphatic rings. The number of nitrogens with zero attached hydrogens (tertiary/aromatic N) is 1. The smallest absolute Gasteiger partial charge is 0.307 e. The molecule has 106 valence electrons. The first-order chi connectivity index (χ1) is 9.59. The SMILES string of the molecule is Cc1ccccc1C1CCCN1C(=O)C1CC1C(=O)O. The number of hydrogen-bond acceptors (Lipinski definition) is 2. The molecule has 1 heterocycles. The van der Waals surface area contributed by atoms with Crippen LogP contribution in [-0.4, -0.2) is 28.4 Å². The van der Waals surface area contributed by atoms with Gasteiger partial charge in [0.1, 0.15) is 0 Å². The Morgan fingerprint density at radius 2 is 2.00 bits per heavy atom. The van der Waals surface area contributed by atoms with E-state index in [-0.39, 0.29) is 17.9 Å². The molecule has 1 aliphatic heterocycles. The van der Waals surface area contributed by atoms with Crippen LogP contribution in [0.15, 0.2) is 24.3 Å². The predicted molar refractivity (Wildman–Crippen MR) is 74.1 cm³/mol. The van der Waals surface area contributed by atoms with Crippen molar-refractivity contribution in [3.05, 3.63) is 35.4 Å². The average Bonchev–Trinajstić information content (AvgIpc) is 3.09. The third-order valence-corrected chi connectivity index (χ3v) is 4.51. The zero-order valence-corrected chi connectivity index (χ0v) is 11.6. The molecule has 1 saturated carbocycles. The van der Waals surface area contributed by atoms with Crippen molar-refractivity contribution in [1.82, 2.24) is 4.90 Å². The second-order valence-electron chi connectivity index (χ2n) is 5.83. The highest BCUT2D eigenvalue weighted by atomic mass is 16.4. The van der Waals surface area contributed by atoms with E-state index in [2.05, 4.69) is 19.1 Å². The van der Waals surface area contributed by atoms with Gasteiger partial charge in [0.25, 0.3) is 0 Å². The van der Waals surface area contributed by atoms with Crippen LogP contribution in [0.2, 0.25) is 0 Å². The van der Waals surface area contributed by atoms with Gasteiger partial charge in [0.05, 0.1) is 17.9 Å². The number of carboxylic acid groups (broad SMARTS) is 1. The third-order valence-electron chi connectivity index (χ3n) is 4.51. The quantitative estimate of drug-likeness (QED) is 0.920. The monoisotopic (exact) mass is 273 g/mol. The Bertz CT molecular complexity index is 554. The molecule has 1 N–H and O–H groups in total. The highest BCUT2D eigenvalue weighted by molar-refractivity contribution is 5.89.